The molecule has 0 saturated carbocycles. The molecule has 10 heteroatoms. The van der Waals surface area contributed by atoms with Gasteiger partial charge >= 0.3 is 0 Å². The smallest absolute Gasteiger partial charge is 0.224 e. The van der Waals surface area contributed by atoms with Gasteiger partial charge in [-0.15, -0.1) is 11.3 Å². The average Bonchev–Trinajstić information content (AvgIpc) is 3.61. The summed E-state index contributed by atoms with van der Waals surface area (Å²) in [6.07, 6.45) is 5.56. The Morgan fingerprint density at radius 1 is 1.08 bits per heavy atom. The number of fused-ring (bicyclic) bond motifs is 2. The molecule has 0 bridgehead atoms. The lowest BCUT2D eigenvalue weighted by Crippen LogP contribution is -2.19. The van der Waals surface area contributed by atoms with E-state index in [0.717, 1.165) is 27.0 Å². The fourth-order valence-electron chi connectivity index (χ4n) is 4.21. The van der Waals surface area contributed by atoms with Crippen LogP contribution in [0.1, 0.15) is 27.2 Å². The van der Waals surface area contributed by atoms with E-state index in [9.17, 15) is 4.79 Å². The molecule has 0 saturated heterocycles. The number of amides is 1. The lowest BCUT2D eigenvalue weighted by Gasteiger charge is -2.17. The Hall–Kier alpha value is -4.44. The number of carbonyl (C=O) groups is 1. The highest BCUT2D eigenvalue weighted by Crippen LogP contribution is 2.33. The highest BCUT2D eigenvalue weighted by molar-refractivity contribution is 7.13. The molecule has 0 aromatic carbocycles. The summed E-state index contributed by atoms with van der Waals surface area (Å²) in [6.45, 7) is 6.10. The monoisotopic (exact) mass is 508 g/mol. The van der Waals surface area contributed by atoms with E-state index in [1.54, 1.807) is 29.9 Å². The minimum Gasteiger partial charge on any atom is -0.325 e. The Bertz CT molecular complexity index is 1740. The van der Waals surface area contributed by atoms with Crippen LogP contribution in [0.25, 0.3) is 55.4 Å². The van der Waals surface area contributed by atoms with Gasteiger partial charge in [0.1, 0.15) is 11.0 Å². The number of imidazole rings is 1. The first-order chi connectivity index (χ1) is 17.8. The number of aromatic nitrogens is 7. The van der Waals surface area contributed by atoms with Crippen LogP contribution in [0.4, 0.5) is 5.69 Å². The van der Waals surface area contributed by atoms with Gasteiger partial charge in [0.2, 0.25) is 5.91 Å². The number of hydrogen-bond acceptors (Lipinski definition) is 7. The highest BCUT2D eigenvalue weighted by Gasteiger charge is 2.19. The molecule has 0 aliphatic carbocycles. The van der Waals surface area contributed by atoms with Gasteiger partial charge in [-0.05, 0) is 41.1 Å². The summed E-state index contributed by atoms with van der Waals surface area (Å²) in [5.74, 6) is 0.538. The van der Waals surface area contributed by atoms with E-state index < -0.39 is 0 Å². The molecule has 3 N–H and O–H groups in total. The molecule has 0 fully saturated rings. The number of aromatic amines is 2. The molecule has 0 aliphatic heterocycles. The minimum atomic E-state index is -0.101. The molecule has 0 radical (unpaired) electrons. The Labute approximate surface area is 216 Å². The van der Waals surface area contributed by atoms with Crippen molar-refractivity contribution < 1.29 is 4.79 Å². The van der Waals surface area contributed by atoms with Gasteiger partial charge in [0.25, 0.3) is 0 Å². The molecule has 0 aliphatic rings. The second-order valence-electron chi connectivity index (χ2n) is 10.0. The van der Waals surface area contributed by atoms with Crippen molar-refractivity contribution in [3.63, 3.8) is 0 Å². The molecular weight excluding hydrogens is 484 g/mol. The van der Waals surface area contributed by atoms with Crippen LogP contribution in [0, 0.1) is 5.41 Å². The third-order valence-corrected chi connectivity index (χ3v) is 6.72. The number of rotatable bonds is 5. The second kappa shape index (κ2) is 8.90. The molecule has 6 heterocycles. The number of nitrogens with one attached hydrogen (secondary N) is 3. The molecule has 184 valence electrons. The van der Waals surface area contributed by atoms with E-state index in [1.807, 2.05) is 56.5 Å². The first kappa shape index (κ1) is 23.0. The molecule has 0 atom stereocenters. The normalized spacial score (nSPS) is 11.9. The third kappa shape index (κ3) is 4.58. The molecular formula is C27H24N8OS. The van der Waals surface area contributed by atoms with Crippen LogP contribution in [0.2, 0.25) is 0 Å². The summed E-state index contributed by atoms with van der Waals surface area (Å²) < 4.78 is 0. The van der Waals surface area contributed by atoms with Crippen LogP contribution >= 0.6 is 11.3 Å². The van der Waals surface area contributed by atoms with Crippen molar-refractivity contribution in [1.29, 1.82) is 0 Å². The van der Waals surface area contributed by atoms with Crippen LogP contribution in [0.5, 0.6) is 0 Å². The van der Waals surface area contributed by atoms with E-state index in [2.05, 4.69) is 36.5 Å². The first-order valence-corrected chi connectivity index (χ1v) is 12.7. The van der Waals surface area contributed by atoms with Crippen LogP contribution in [0.3, 0.4) is 0 Å². The van der Waals surface area contributed by atoms with Crippen molar-refractivity contribution in [2.45, 2.75) is 27.2 Å². The van der Waals surface area contributed by atoms with Crippen LogP contribution < -0.4 is 5.32 Å². The summed E-state index contributed by atoms with van der Waals surface area (Å²) in [5.41, 5.74) is 6.59. The number of anilines is 1. The topological polar surface area (TPSA) is 125 Å². The van der Waals surface area contributed by atoms with Crippen molar-refractivity contribution in [2.24, 2.45) is 5.41 Å². The Morgan fingerprint density at radius 2 is 1.97 bits per heavy atom. The van der Waals surface area contributed by atoms with E-state index >= 15 is 0 Å². The van der Waals surface area contributed by atoms with E-state index in [-0.39, 0.29) is 11.3 Å². The zero-order valence-corrected chi connectivity index (χ0v) is 21.3. The van der Waals surface area contributed by atoms with Crippen molar-refractivity contribution in [1.82, 2.24) is 35.1 Å². The number of pyridine rings is 3. The second-order valence-corrected chi connectivity index (χ2v) is 11.0. The predicted molar refractivity (Wildman–Crippen MR) is 146 cm³/mol. The lowest BCUT2D eigenvalue weighted by molar-refractivity contribution is -0.117. The van der Waals surface area contributed by atoms with Crippen LogP contribution in [0.15, 0.2) is 60.4 Å². The Morgan fingerprint density at radius 3 is 2.78 bits per heavy atom. The number of hydrogen-bond donors (Lipinski definition) is 3. The fourth-order valence-corrected chi connectivity index (χ4v) is 4.97. The van der Waals surface area contributed by atoms with E-state index in [0.29, 0.717) is 40.5 Å². The highest BCUT2D eigenvalue weighted by atomic mass is 32.1. The summed E-state index contributed by atoms with van der Waals surface area (Å²) in [5, 5.41) is 12.5. The van der Waals surface area contributed by atoms with Crippen LogP contribution in [-0.2, 0) is 4.79 Å². The van der Waals surface area contributed by atoms with Gasteiger partial charge in [0.05, 0.1) is 23.1 Å². The minimum absolute atomic E-state index is 0.0487. The molecule has 1 amide bonds. The third-order valence-electron chi connectivity index (χ3n) is 5.81. The molecule has 0 spiro atoms. The SMILES string of the molecule is CC(C)(C)CC(=O)Nc1cncc(-c2ccc3[nH]nc(-c4nc5c(-c6cccs6)ccnc5[nH]4)c3n2)c1. The first-order valence-electron chi connectivity index (χ1n) is 11.8. The maximum Gasteiger partial charge on any atom is 0.224 e. The Kier molecular flexibility index (Phi) is 5.53. The zero-order valence-electron chi connectivity index (χ0n) is 20.5. The van der Waals surface area contributed by atoms with Gasteiger partial charge in [-0.2, -0.15) is 5.10 Å². The molecule has 9 nitrogen and oxygen atoms in total. The number of thiophene rings is 1. The van der Waals surface area contributed by atoms with Gasteiger partial charge in [-0.1, -0.05) is 26.8 Å². The fraction of sp³-hybridized carbons (Fsp3) is 0.185. The van der Waals surface area contributed by atoms with Gasteiger partial charge in [-0.25, -0.2) is 15.0 Å². The number of carbonyl (C=O) groups excluding carboxylic acids is 1. The number of H-pyrrole nitrogens is 2. The molecule has 0 unspecified atom stereocenters. The largest absolute Gasteiger partial charge is 0.325 e. The summed E-state index contributed by atoms with van der Waals surface area (Å²) >= 11 is 1.66. The maximum absolute atomic E-state index is 12.4. The number of nitrogens with zero attached hydrogens (tertiary/aromatic N) is 5. The summed E-state index contributed by atoms with van der Waals surface area (Å²) in [7, 11) is 0. The standard InChI is InChI=1S/C27H24N8OS/c1-27(2,3)12-21(36)30-16-11-15(13-28-14-16)18-6-7-19-23(31-18)24(35-34-19)26-32-22-17(20-5-4-10-37-20)8-9-29-25(22)33-26/h4-11,13-14H,12H2,1-3H3,(H,30,36)(H,34,35)(H,29,32,33). The van der Waals surface area contributed by atoms with Gasteiger partial charge in [0.15, 0.2) is 17.2 Å². The maximum atomic E-state index is 12.4. The molecule has 6 rings (SSSR count). The molecule has 37 heavy (non-hydrogen) atoms. The molecule has 6 aromatic rings. The van der Waals surface area contributed by atoms with Crippen molar-refractivity contribution in [3.8, 4) is 33.2 Å². The Balaban J connectivity index is 1.36. The van der Waals surface area contributed by atoms with Crippen molar-refractivity contribution >= 4 is 45.1 Å². The van der Waals surface area contributed by atoms with Gasteiger partial charge in [-0.3, -0.25) is 14.9 Å². The summed E-state index contributed by atoms with van der Waals surface area (Å²) in [6, 6.07) is 11.8. The molecule has 6 aromatic heterocycles. The predicted octanol–water partition coefficient (Wildman–Crippen LogP) is 6.06. The van der Waals surface area contributed by atoms with Gasteiger partial charge < -0.3 is 10.3 Å². The van der Waals surface area contributed by atoms with Crippen molar-refractivity contribution in [2.75, 3.05) is 5.32 Å². The van der Waals surface area contributed by atoms with Crippen molar-refractivity contribution in [3.05, 3.63) is 60.4 Å². The zero-order chi connectivity index (χ0) is 25.6. The quantitative estimate of drug-likeness (QED) is 0.260. The van der Waals surface area contributed by atoms with E-state index in [4.69, 9.17) is 9.97 Å². The summed E-state index contributed by atoms with van der Waals surface area (Å²) in [4.78, 5) is 35.3. The lowest BCUT2D eigenvalue weighted by atomic mass is 9.92. The average molecular weight is 509 g/mol. The van der Waals surface area contributed by atoms with Gasteiger partial charge in [0, 0.05) is 34.8 Å². The van der Waals surface area contributed by atoms with E-state index in [1.165, 1.54) is 0 Å². The van der Waals surface area contributed by atoms with Crippen LogP contribution in [-0.4, -0.2) is 41.0 Å².